The molecule has 6 nitrogen and oxygen atoms in total. The van der Waals surface area contributed by atoms with Gasteiger partial charge < -0.3 is 20.1 Å². The van der Waals surface area contributed by atoms with Crippen LogP contribution >= 0.6 is 24.0 Å². The highest BCUT2D eigenvalue weighted by Gasteiger charge is 2.36. The van der Waals surface area contributed by atoms with E-state index in [-0.39, 0.29) is 24.0 Å². The van der Waals surface area contributed by atoms with Crippen LogP contribution in [-0.2, 0) is 9.47 Å². The molecule has 0 amide bonds. The topological polar surface area (TPSA) is 58.1 Å². The molecule has 1 saturated heterocycles. The number of ether oxygens (including phenoxy) is 2. The van der Waals surface area contributed by atoms with Gasteiger partial charge >= 0.3 is 0 Å². The number of hydrogen-bond acceptors (Lipinski definition) is 4. The molecular formula is C18H37IN4O2. The Bertz CT molecular complexity index is 372. The highest BCUT2D eigenvalue weighted by atomic mass is 127. The largest absolute Gasteiger partial charge is 0.385 e. The van der Waals surface area contributed by atoms with Crippen LogP contribution in [0.2, 0.25) is 0 Å². The fraction of sp³-hybridized carbons (Fsp3) is 0.944. The van der Waals surface area contributed by atoms with Gasteiger partial charge in [0.05, 0.1) is 13.2 Å². The first-order valence-electron chi connectivity index (χ1n) is 9.52. The van der Waals surface area contributed by atoms with Crippen molar-refractivity contribution in [2.75, 3.05) is 66.7 Å². The fourth-order valence-corrected chi connectivity index (χ4v) is 3.49. The lowest BCUT2D eigenvalue weighted by Gasteiger charge is -2.42. The number of unbranched alkanes of at least 4 members (excludes halogenated alkanes) is 1. The lowest BCUT2D eigenvalue weighted by molar-refractivity contribution is 0.0372. The van der Waals surface area contributed by atoms with Crippen molar-refractivity contribution in [1.29, 1.82) is 0 Å². The van der Waals surface area contributed by atoms with Crippen molar-refractivity contribution in [1.82, 2.24) is 15.5 Å². The van der Waals surface area contributed by atoms with Gasteiger partial charge in [-0.15, -0.1) is 24.0 Å². The van der Waals surface area contributed by atoms with Crippen molar-refractivity contribution in [3.8, 4) is 0 Å². The van der Waals surface area contributed by atoms with Crippen molar-refractivity contribution in [2.24, 2.45) is 10.4 Å². The molecule has 0 radical (unpaired) electrons. The third-order valence-electron chi connectivity index (χ3n) is 5.40. The molecule has 1 aliphatic carbocycles. The van der Waals surface area contributed by atoms with E-state index in [9.17, 15) is 0 Å². The summed E-state index contributed by atoms with van der Waals surface area (Å²) in [5.41, 5.74) is 0.421. The summed E-state index contributed by atoms with van der Waals surface area (Å²) in [4.78, 5) is 6.85. The van der Waals surface area contributed by atoms with Crippen LogP contribution in [0.25, 0.3) is 0 Å². The first-order valence-corrected chi connectivity index (χ1v) is 9.52. The van der Waals surface area contributed by atoms with Crippen LogP contribution in [0.5, 0.6) is 0 Å². The molecule has 0 bridgehead atoms. The molecule has 0 aromatic rings. The standard InChI is InChI=1S/C18H36N4O2.HI/c1-19-17(21-16-18(6-5-7-18)8-13-23-2)20-9-3-4-10-22-11-14-24-15-12-22;/h3-16H2,1-2H3,(H2,19,20,21);1H. The minimum absolute atomic E-state index is 0. The Hall–Kier alpha value is -0.120. The van der Waals surface area contributed by atoms with E-state index in [1.165, 1.54) is 38.6 Å². The van der Waals surface area contributed by atoms with Gasteiger partial charge in [0.15, 0.2) is 5.96 Å². The number of nitrogens with zero attached hydrogens (tertiary/aromatic N) is 2. The molecule has 1 saturated carbocycles. The van der Waals surface area contributed by atoms with E-state index in [2.05, 4.69) is 20.5 Å². The third kappa shape index (κ3) is 8.41. The van der Waals surface area contributed by atoms with Crippen LogP contribution in [-0.4, -0.2) is 77.6 Å². The van der Waals surface area contributed by atoms with Crippen LogP contribution in [0.4, 0.5) is 0 Å². The summed E-state index contributed by atoms with van der Waals surface area (Å²) in [6, 6.07) is 0. The van der Waals surface area contributed by atoms with Crippen molar-refractivity contribution in [3.63, 3.8) is 0 Å². The zero-order valence-electron chi connectivity index (χ0n) is 16.0. The summed E-state index contributed by atoms with van der Waals surface area (Å²) in [5.74, 6) is 0.935. The van der Waals surface area contributed by atoms with Crippen molar-refractivity contribution in [3.05, 3.63) is 0 Å². The van der Waals surface area contributed by atoms with Crippen molar-refractivity contribution >= 4 is 29.9 Å². The number of methoxy groups -OCH3 is 1. The lowest BCUT2D eigenvalue weighted by Crippen LogP contribution is -2.47. The zero-order chi connectivity index (χ0) is 17.1. The fourth-order valence-electron chi connectivity index (χ4n) is 3.49. The van der Waals surface area contributed by atoms with E-state index >= 15 is 0 Å². The van der Waals surface area contributed by atoms with Gasteiger partial charge in [0.1, 0.15) is 0 Å². The van der Waals surface area contributed by atoms with Gasteiger partial charge in [-0.25, -0.2) is 0 Å². The number of rotatable bonds is 10. The van der Waals surface area contributed by atoms with E-state index in [0.29, 0.717) is 5.41 Å². The Morgan fingerprint density at radius 3 is 2.56 bits per heavy atom. The predicted molar refractivity (Wildman–Crippen MR) is 114 cm³/mol. The molecule has 0 spiro atoms. The highest BCUT2D eigenvalue weighted by molar-refractivity contribution is 14.0. The zero-order valence-corrected chi connectivity index (χ0v) is 18.3. The average molecular weight is 468 g/mol. The molecule has 1 heterocycles. The molecule has 1 aliphatic heterocycles. The molecule has 2 N–H and O–H groups in total. The number of hydrogen-bond donors (Lipinski definition) is 2. The van der Waals surface area contributed by atoms with Crippen LogP contribution in [0.1, 0.15) is 38.5 Å². The average Bonchev–Trinajstić information content (AvgIpc) is 2.59. The predicted octanol–water partition coefficient (Wildman–Crippen LogP) is 2.09. The lowest BCUT2D eigenvalue weighted by atomic mass is 9.67. The maximum atomic E-state index is 5.38. The van der Waals surface area contributed by atoms with Gasteiger partial charge in [-0.3, -0.25) is 9.89 Å². The maximum Gasteiger partial charge on any atom is 0.190 e. The summed E-state index contributed by atoms with van der Waals surface area (Å²) in [6.45, 7) is 7.96. The number of morpholine rings is 1. The van der Waals surface area contributed by atoms with E-state index in [1.807, 2.05) is 7.05 Å². The summed E-state index contributed by atoms with van der Waals surface area (Å²) in [7, 11) is 3.64. The highest BCUT2D eigenvalue weighted by Crippen LogP contribution is 2.43. The van der Waals surface area contributed by atoms with Gasteiger partial charge in [-0.05, 0) is 44.1 Å². The molecule has 2 aliphatic rings. The first kappa shape index (κ1) is 22.9. The minimum atomic E-state index is 0. The Labute approximate surface area is 170 Å². The Morgan fingerprint density at radius 2 is 1.96 bits per heavy atom. The smallest absolute Gasteiger partial charge is 0.190 e. The second-order valence-corrected chi connectivity index (χ2v) is 7.11. The van der Waals surface area contributed by atoms with Gasteiger partial charge in [-0.2, -0.15) is 0 Å². The summed E-state index contributed by atoms with van der Waals surface area (Å²) in [6.07, 6.45) is 7.50. The molecule has 0 unspecified atom stereocenters. The summed E-state index contributed by atoms with van der Waals surface area (Å²) in [5, 5.41) is 6.97. The number of aliphatic imine (C=N–C) groups is 1. The van der Waals surface area contributed by atoms with Crippen LogP contribution in [0, 0.1) is 5.41 Å². The van der Waals surface area contributed by atoms with Gasteiger partial charge in [0.25, 0.3) is 0 Å². The molecule has 0 aromatic heterocycles. The maximum absolute atomic E-state index is 5.38. The molecule has 25 heavy (non-hydrogen) atoms. The van der Waals surface area contributed by atoms with Gasteiger partial charge in [0.2, 0.25) is 0 Å². The van der Waals surface area contributed by atoms with Crippen LogP contribution < -0.4 is 10.6 Å². The molecule has 2 rings (SSSR count). The molecule has 7 heteroatoms. The first-order chi connectivity index (χ1) is 11.8. The number of guanidine groups is 1. The summed E-state index contributed by atoms with van der Waals surface area (Å²) >= 11 is 0. The molecule has 2 fully saturated rings. The Kier molecular flexibility index (Phi) is 12.0. The van der Waals surface area contributed by atoms with E-state index < -0.39 is 0 Å². The van der Waals surface area contributed by atoms with Gasteiger partial charge in [-0.1, -0.05) is 6.42 Å². The monoisotopic (exact) mass is 468 g/mol. The minimum Gasteiger partial charge on any atom is -0.385 e. The van der Waals surface area contributed by atoms with Gasteiger partial charge in [0, 0.05) is 46.9 Å². The second-order valence-electron chi connectivity index (χ2n) is 7.11. The van der Waals surface area contributed by atoms with Crippen LogP contribution in [0.15, 0.2) is 4.99 Å². The quantitative estimate of drug-likeness (QED) is 0.223. The van der Waals surface area contributed by atoms with E-state index in [0.717, 1.165) is 58.4 Å². The summed E-state index contributed by atoms with van der Waals surface area (Å²) < 4.78 is 10.6. The molecular weight excluding hydrogens is 431 g/mol. The normalized spacial score (nSPS) is 20.5. The number of nitrogens with one attached hydrogen (secondary N) is 2. The third-order valence-corrected chi connectivity index (χ3v) is 5.40. The SMILES string of the molecule is CN=C(NCCCCN1CCOCC1)NCC1(CCOC)CCC1.I. The second kappa shape index (κ2) is 13.1. The van der Waals surface area contributed by atoms with E-state index in [4.69, 9.17) is 9.47 Å². The molecule has 0 atom stereocenters. The van der Waals surface area contributed by atoms with Crippen molar-refractivity contribution in [2.45, 2.75) is 38.5 Å². The van der Waals surface area contributed by atoms with E-state index in [1.54, 1.807) is 7.11 Å². The number of halogens is 1. The Balaban J connectivity index is 0.00000312. The Morgan fingerprint density at radius 1 is 1.20 bits per heavy atom. The molecule has 0 aromatic carbocycles. The van der Waals surface area contributed by atoms with Crippen LogP contribution in [0.3, 0.4) is 0 Å². The molecule has 148 valence electrons. The van der Waals surface area contributed by atoms with Crippen molar-refractivity contribution < 1.29 is 9.47 Å².